The number of non-ortho nitro benzene ring substituents is 1. The monoisotopic (exact) mass is 285 g/mol. The summed E-state index contributed by atoms with van der Waals surface area (Å²) < 4.78 is 26.0. The molecule has 2 rings (SSSR count). The van der Waals surface area contributed by atoms with Gasteiger partial charge in [-0.15, -0.1) is 0 Å². The van der Waals surface area contributed by atoms with E-state index in [2.05, 4.69) is 0 Å². The van der Waals surface area contributed by atoms with Crippen molar-refractivity contribution in [3.05, 3.63) is 34.4 Å². The van der Waals surface area contributed by atoms with Gasteiger partial charge in [-0.2, -0.15) is 4.31 Å². The lowest BCUT2D eigenvalue weighted by Crippen LogP contribution is -2.45. The van der Waals surface area contributed by atoms with Crippen LogP contribution in [0.5, 0.6) is 0 Å². The third-order valence-corrected chi connectivity index (χ3v) is 4.99. The predicted molar refractivity (Wildman–Crippen MR) is 69.1 cm³/mol. The molecule has 8 heteroatoms. The van der Waals surface area contributed by atoms with Crippen LogP contribution < -0.4 is 5.73 Å². The Morgan fingerprint density at radius 2 is 1.95 bits per heavy atom. The molecule has 1 aliphatic rings. The third kappa shape index (κ3) is 2.91. The van der Waals surface area contributed by atoms with Crippen LogP contribution in [0, 0.1) is 10.1 Å². The number of sulfonamides is 1. The molecule has 1 aromatic rings. The van der Waals surface area contributed by atoms with Crippen molar-refractivity contribution in [3.63, 3.8) is 0 Å². The molecule has 0 unspecified atom stereocenters. The number of nitro benzene ring substituents is 1. The molecule has 0 aliphatic carbocycles. The summed E-state index contributed by atoms with van der Waals surface area (Å²) in [6.45, 7) is 0.729. The van der Waals surface area contributed by atoms with E-state index in [-0.39, 0.29) is 16.6 Å². The second-order valence-corrected chi connectivity index (χ2v) is 6.45. The van der Waals surface area contributed by atoms with Gasteiger partial charge in [-0.25, -0.2) is 8.42 Å². The Kier molecular flexibility index (Phi) is 3.83. The summed E-state index contributed by atoms with van der Waals surface area (Å²) in [6, 6.07) is 4.75. The average molecular weight is 285 g/mol. The average Bonchev–Trinajstić information content (AvgIpc) is 2.39. The van der Waals surface area contributed by atoms with Crippen molar-refractivity contribution in [3.8, 4) is 0 Å². The molecule has 0 spiro atoms. The summed E-state index contributed by atoms with van der Waals surface area (Å²) in [7, 11) is -3.61. The van der Waals surface area contributed by atoms with Crippen LogP contribution in [0.2, 0.25) is 0 Å². The summed E-state index contributed by atoms with van der Waals surface area (Å²) in [4.78, 5) is 10.0. The largest absolute Gasteiger partial charge is 0.327 e. The topological polar surface area (TPSA) is 107 Å². The van der Waals surface area contributed by atoms with E-state index in [1.54, 1.807) is 0 Å². The Balaban J connectivity index is 2.26. The van der Waals surface area contributed by atoms with Crippen molar-refractivity contribution in [1.29, 1.82) is 0 Å². The van der Waals surface area contributed by atoms with E-state index in [9.17, 15) is 18.5 Å². The van der Waals surface area contributed by atoms with E-state index in [4.69, 9.17) is 5.73 Å². The molecule has 1 fully saturated rings. The second kappa shape index (κ2) is 5.24. The van der Waals surface area contributed by atoms with Gasteiger partial charge < -0.3 is 5.73 Å². The molecule has 0 bridgehead atoms. The Morgan fingerprint density at radius 3 is 2.47 bits per heavy atom. The van der Waals surface area contributed by atoms with Crippen LogP contribution in [0.15, 0.2) is 29.2 Å². The fourth-order valence-electron chi connectivity index (χ4n) is 2.08. The SMILES string of the molecule is N[C@@H]1CCCN(S(=O)(=O)c2ccc([N+](=O)[O-])cc2)C1. The number of hydrogen-bond donors (Lipinski definition) is 1. The maximum atomic E-state index is 12.3. The van der Waals surface area contributed by atoms with Crippen molar-refractivity contribution >= 4 is 15.7 Å². The van der Waals surface area contributed by atoms with Crippen LogP contribution in [0.1, 0.15) is 12.8 Å². The van der Waals surface area contributed by atoms with Gasteiger partial charge in [-0.05, 0) is 25.0 Å². The lowest BCUT2D eigenvalue weighted by atomic mass is 10.1. The highest BCUT2D eigenvalue weighted by molar-refractivity contribution is 7.89. The summed E-state index contributed by atoms with van der Waals surface area (Å²) in [6.07, 6.45) is 1.54. The van der Waals surface area contributed by atoms with Gasteiger partial charge in [0.15, 0.2) is 0 Å². The van der Waals surface area contributed by atoms with Gasteiger partial charge in [0, 0.05) is 31.3 Å². The molecule has 1 aromatic carbocycles. The van der Waals surface area contributed by atoms with Gasteiger partial charge in [0.1, 0.15) is 0 Å². The molecule has 2 N–H and O–H groups in total. The van der Waals surface area contributed by atoms with Gasteiger partial charge in [-0.1, -0.05) is 0 Å². The molecule has 7 nitrogen and oxygen atoms in total. The third-order valence-electron chi connectivity index (χ3n) is 3.11. The number of rotatable bonds is 3. The zero-order valence-electron chi connectivity index (χ0n) is 10.2. The van der Waals surface area contributed by atoms with Crippen LogP contribution in [0.25, 0.3) is 0 Å². The van der Waals surface area contributed by atoms with Crippen LogP contribution in [-0.4, -0.2) is 36.8 Å². The fraction of sp³-hybridized carbons (Fsp3) is 0.455. The van der Waals surface area contributed by atoms with Crippen LogP contribution in [-0.2, 0) is 10.0 Å². The van der Waals surface area contributed by atoms with E-state index in [1.165, 1.54) is 28.6 Å². The Hall–Kier alpha value is -1.51. The Bertz CT molecular complexity index is 570. The van der Waals surface area contributed by atoms with Crippen LogP contribution >= 0.6 is 0 Å². The molecule has 19 heavy (non-hydrogen) atoms. The van der Waals surface area contributed by atoms with Crippen molar-refractivity contribution in [2.45, 2.75) is 23.8 Å². The van der Waals surface area contributed by atoms with Crippen molar-refractivity contribution < 1.29 is 13.3 Å². The number of nitrogens with zero attached hydrogens (tertiary/aromatic N) is 2. The molecule has 0 aromatic heterocycles. The van der Waals surface area contributed by atoms with E-state index in [0.717, 1.165) is 12.8 Å². The zero-order chi connectivity index (χ0) is 14.0. The van der Waals surface area contributed by atoms with Gasteiger partial charge >= 0.3 is 0 Å². The smallest absolute Gasteiger partial charge is 0.269 e. The lowest BCUT2D eigenvalue weighted by molar-refractivity contribution is -0.384. The summed E-state index contributed by atoms with van der Waals surface area (Å²) in [5, 5.41) is 10.5. The Labute approximate surface area is 111 Å². The van der Waals surface area contributed by atoms with Gasteiger partial charge in [0.05, 0.1) is 9.82 Å². The van der Waals surface area contributed by atoms with Gasteiger partial charge in [0.25, 0.3) is 5.69 Å². The van der Waals surface area contributed by atoms with Crippen molar-refractivity contribution in [1.82, 2.24) is 4.31 Å². The second-order valence-electron chi connectivity index (χ2n) is 4.52. The maximum Gasteiger partial charge on any atom is 0.269 e. The minimum Gasteiger partial charge on any atom is -0.327 e. The summed E-state index contributed by atoms with van der Waals surface area (Å²) in [5.41, 5.74) is 5.64. The molecule has 0 amide bonds. The summed E-state index contributed by atoms with van der Waals surface area (Å²) >= 11 is 0. The van der Waals surface area contributed by atoms with E-state index < -0.39 is 14.9 Å². The number of nitrogens with two attached hydrogens (primary N) is 1. The normalized spacial score (nSPS) is 21.2. The number of benzene rings is 1. The predicted octanol–water partition coefficient (Wildman–Crippen LogP) is 0.707. The molecule has 1 aliphatic heterocycles. The zero-order valence-corrected chi connectivity index (χ0v) is 11.0. The highest BCUT2D eigenvalue weighted by Gasteiger charge is 2.29. The highest BCUT2D eigenvalue weighted by Crippen LogP contribution is 2.22. The Morgan fingerprint density at radius 1 is 1.32 bits per heavy atom. The molecular weight excluding hydrogens is 270 g/mol. The first-order valence-corrected chi connectivity index (χ1v) is 7.35. The van der Waals surface area contributed by atoms with Crippen molar-refractivity contribution in [2.24, 2.45) is 5.73 Å². The molecule has 0 saturated carbocycles. The lowest BCUT2D eigenvalue weighted by Gasteiger charge is -2.29. The van der Waals surface area contributed by atoms with Crippen molar-refractivity contribution in [2.75, 3.05) is 13.1 Å². The number of nitro groups is 1. The quantitative estimate of drug-likeness (QED) is 0.650. The van der Waals surface area contributed by atoms with E-state index in [1.807, 2.05) is 0 Å². The van der Waals surface area contributed by atoms with Gasteiger partial charge in [-0.3, -0.25) is 10.1 Å². The van der Waals surface area contributed by atoms with E-state index in [0.29, 0.717) is 13.1 Å². The molecule has 0 radical (unpaired) electrons. The first-order valence-electron chi connectivity index (χ1n) is 5.91. The first-order chi connectivity index (χ1) is 8.91. The highest BCUT2D eigenvalue weighted by atomic mass is 32.2. The molecular formula is C11H15N3O4S. The standard InChI is InChI=1S/C11H15N3O4S/c12-9-2-1-7-13(8-9)19(17,18)11-5-3-10(4-6-11)14(15)16/h3-6,9H,1-2,7-8,12H2/t9-/m1/s1. The fourth-order valence-corrected chi connectivity index (χ4v) is 3.62. The summed E-state index contributed by atoms with van der Waals surface area (Å²) in [5.74, 6) is 0. The minimum absolute atomic E-state index is 0.0622. The number of piperidine rings is 1. The van der Waals surface area contributed by atoms with Gasteiger partial charge in [0.2, 0.25) is 10.0 Å². The molecule has 1 heterocycles. The minimum atomic E-state index is -3.61. The first kappa shape index (κ1) is 13.9. The van der Waals surface area contributed by atoms with E-state index >= 15 is 0 Å². The molecule has 104 valence electrons. The van der Waals surface area contributed by atoms with Crippen LogP contribution in [0.4, 0.5) is 5.69 Å². The molecule has 1 atom stereocenters. The number of hydrogen-bond acceptors (Lipinski definition) is 5. The maximum absolute atomic E-state index is 12.3. The van der Waals surface area contributed by atoms with Crippen LogP contribution in [0.3, 0.4) is 0 Å². The molecule has 1 saturated heterocycles.